The minimum Gasteiger partial charge on any atom is -0.478 e. The fourth-order valence-corrected chi connectivity index (χ4v) is 3.27. The monoisotopic (exact) mass is 295 g/mol. The highest BCUT2D eigenvalue weighted by atomic mass is 35.5. The highest BCUT2D eigenvalue weighted by Gasteiger charge is 2.23. The van der Waals surface area contributed by atoms with Crippen LogP contribution in [-0.2, 0) is 0 Å². The Kier molecular flexibility index (Phi) is 3.83. The van der Waals surface area contributed by atoms with E-state index in [2.05, 4.69) is 5.32 Å². The molecule has 3 nitrogen and oxygen atoms in total. The van der Waals surface area contributed by atoms with Crippen molar-refractivity contribution in [1.82, 2.24) is 0 Å². The molecular weight excluding hydrogens is 282 g/mol. The highest BCUT2D eigenvalue weighted by molar-refractivity contribution is 7.21. The first-order chi connectivity index (χ1) is 8.95. The van der Waals surface area contributed by atoms with Gasteiger partial charge < -0.3 is 10.4 Å². The molecule has 0 fully saturated rings. The van der Waals surface area contributed by atoms with Gasteiger partial charge in [-0.2, -0.15) is 0 Å². The largest absolute Gasteiger partial charge is 0.478 e. The predicted octanol–water partition coefficient (Wildman–Crippen LogP) is 4.43. The molecular formula is C14H14ClNO2S. The first kappa shape index (κ1) is 13.9. The Morgan fingerprint density at radius 1 is 1.32 bits per heavy atom. The van der Waals surface area contributed by atoms with E-state index in [-0.39, 0.29) is 5.56 Å². The van der Waals surface area contributed by atoms with Crippen molar-refractivity contribution in [1.29, 1.82) is 0 Å². The van der Waals surface area contributed by atoms with Crippen molar-refractivity contribution in [2.75, 3.05) is 12.4 Å². The van der Waals surface area contributed by atoms with Crippen LogP contribution in [0, 0.1) is 13.8 Å². The number of carbonyl (C=O) groups is 1. The Labute approximate surface area is 120 Å². The van der Waals surface area contributed by atoms with E-state index in [0.29, 0.717) is 14.9 Å². The summed E-state index contributed by atoms with van der Waals surface area (Å²) >= 11 is 7.46. The standard InChI is InChI=1S/C14H14ClNO2S/c1-7-4-5-9(6-8(7)2)10-11(14(17)18)13(16-3)19-12(10)15/h4-6,16H,1-3H3,(H,17,18). The number of thiophene rings is 1. The lowest BCUT2D eigenvalue weighted by molar-refractivity contribution is 0.0699. The molecule has 0 amide bonds. The molecule has 1 aromatic heterocycles. The quantitative estimate of drug-likeness (QED) is 0.881. The van der Waals surface area contributed by atoms with E-state index >= 15 is 0 Å². The smallest absolute Gasteiger partial charge is 0.339 e. The van der Waals surface area contributed by atoms with Crippen molar-refractivity contribution in [3.05, 3.63) is 39.2 Å². The number of benzene rings is 1. The lowest BCUT2D eigenvalue weighted by Gasteiger charge is -2.07. The first-order valence-corrected chi connectivity index (χ1v) is 6.96. The van der Waals surface area contributed by atoms with Crippen molar-refractivity contribution in [2.24, 2.45) is 0 Å². The first-order valence-electron chi connectivity index (χ1n) is 5.76. The summed E-state index contributed by atoms with van der Waals surface area (Å²) in [6.45, 7) is 4.02. The van der Waals surface area contributed by atoms with E-state index in [0.717, 1.165) is 11.1 Å². The van der Waals surface area contributed by atoms with Gasteiger partial charge in [-0.15, -0.1) is 11.3 Å². The molecule has 0 spiro atoms. The summed E-state index contributed by atoms with van der Waals surface area (Å²) in [4.78, 5) is 11.4. The molecule has 0 radical (unpaired) electrons. The maximum absolute atomic E-state index is 11.4. The van der Waals surface area contributed by atoms with Crippen molar-refractivity contribution >= 4 is 33.9 Å². The minimum atomic E-state index is -0.972. The topological polar surface area (TPSA) is 49.3 Å². The van der Waals surface area contributed by atoms with Crippen molar-refractivity contribution in [3.8, 4) is 11.1 Å². The molecule has 5 heteroatoms. The maximum Gasteiger partial charge on any atom is 0.339 e. The van der Waals surface area contributed by atoms with Gasteiger partial charge in [0.05, 0.1) is 0 Å². The van der Waals surface area contributed by atoms with Gasteiger partial charge in [-0.05, 0) is 30.5 Å². The van der Waals surface area contributed by atoms with Gasteiger partial charge in [-0.1, -0.05) is 29.8 Å². The number of aromatic carboxylic acids is 1. The summed E-state index contributed by atoms with van der Waals surface area (Å²) in [6.07, 6.45) is 0. The van der Waals surface area contributed by atoms with Crippen LogP contribution in [-0.4, -0.2) is 18.1 Å². The van der Waals surface area contributed by atoms with Crippen LogP contribution in [0.4, 0.5) is 5.00 Å². The molecule has 1 aromatic carbocycles. The van der Waals surface area contributed by atoms with Gasteiger partial charge in [0.1, 0.15) is 14.9 Å². The lowest BCUT2D eigenvalue weighted by atomic mass is 9.99. The SMILES string of the molecule is CNc1sc(Cl)c(-c2ccc(C)c(C)c2)c1C(=O)O. The van der Waals surface area contributed by atoms with Crippen LogP contribution >= 0.6 is 22.9 Å². The summed E-state index contributed by atoms with van der Waals surface area (Å²) in [5, 5.41) is 12.8. The van der Waals surface area contributed by atoms with E-state index in [9.17, 15) is 9.90 Å². The van der Waals surface area contributed by atoms with Gasteiger partial charge in [0, 0.05) is 12.6 Å². The van der Waals surface area contributed by atoms with Crippen LogP contribution in [0.25, 0.3) is 11.1 Å². The summed E-state index contributed by atoms with van der Waals surface area (Å²) in [6, 6.07) is 5.85. The number of anilines is 1. The maximum atomic E-state index is 11.4. The number of hydrogen-bond donors (Lipinski definition) is 2. The van der Waals surface area contributed by atoms with Crippen LogP contribution < -0.4 is 5.32 Å². The molecule has 0 atom stereocenters. The van der Waals surface area contributed by atoms with E-state index < -0.39 is 5.97 Å². The Morgan fingerprint density at radius 2 is 2.00 bits per heavy atom. The van der Waals surface area contributed by atoms with Gasteiger partial charge in [0.2, 0.25) is 0 Å². The molecule has 0 aliphatic heterocycles. The number of aryl methyl sites for hydroxylation is 2. The molecule has 0 aliphatic carbocycles. The normalized spacial score (nSPS) is 10.5. The van der Waals surface area contributed by atoms with Crippen LogP contribution in [0.3, 0.4) is 0 Å². The Hall–Kier alpha value is -1.52. The van der Waals surface area contributed by atoms with Crippen LogP contribution in [0.1, 0.15) is 21.5 Å². The van der Waals surface area contributed by atoms with E-state index in [1.54, 1.807) is 7.05 Å². The number of nitrogens with one attached hydrogen (secondary N) is 1. The molecule has 0 unspecified atom stereocenters. The summed E-state index contributed by atoms with van der Waals surface area (Å²) in [5.74, 6) is -0.972. The average Bonchev–Trinajstić information content (AvgIpc) is 2.70. The zero-order chi connectivity index (χ0) is 14.2. The Morgan fingerprint density at radius 3 is 2.53 bits per heavy atom. The molecule has 19 heavy (non-hydrogen) atoms. The second-order valence-corrected chi connectivity index (χ2v) is 5.93. The van der Waals surface area contributed by atoms with Crippen molar-refractivity contribution in [2.45, 2.75) is 13.8 Å². The lowest BCUT2D eigenvalue weighted by Crippen LogP contribution is -2.01. The molecule has 2 N–H and O–H groups in total. The van der Waals surface area contributed by atoms with Gasteiger partial charge in [0.25, 0.3) is 0 Å². The molecule has 2 aromatic rings. The third-order valence-electron chi connectivity index (χ3n) is 3.10. The molecule has 0 saturated heterocycles. The van der Waals surface area contributed by atoms with Crippen molar-refractivity contribution in [3.63, 3.8) is 0 Å². The van der Waals surface area contributed by atoms with E-state index in [1.807, 2.05) is 32.0 Å². The fourth-order valence-electron chi connectivity index (χ4n) is 1.94. The summed E-state index contributed by atoms with van der Waals surface area (Å²) in [7, 11) is 1.69. The van der Waals surface area contributed by atoms with Crippen molar-refractivity contribution < 1.29 is 9.90 Å². The van der Waals surface area contributed by atoms with Gasteiger partial charge in [0.15, 0.2) is 0 Å². The highest BCUT2D eigenvalue weighted by Crippen LogP contribution is 2.43. The van der Waals surface area contributed by atoms with E-state index in [4.69, 9.17) is 11.6 Å². The fraction of sp³-hybridized carbons (Fsp3) is 0.214. The molecule has 0 bridgehead atoms. The molecule has 1 heterocycles. The Bertz CT molecular complexity index is 649. The predicted molar refractivity (Wildman–Crippen MR) is 80.7 cm³/mol. The van der Waals surface area contributed by atoms with Crippen LogP contribution in [0.15, 0.2) is 18.2 Å². The number of rotatable bonds is 3. The minimum absolute atomic E-state index is 0.237. The third-order valence-corrected chi connectivity index (χ3v) is 4.52. The summed E-state index contributed by atoms with van der Waals surface area (Å²) in [5.41, 5.74) is 3.94. The molecule has 2 rings (SSSR count). The number of carboxylic acid groups (broad SMARTS) is 1. The van der Waals surface area contributed by atoms with Gasteiger partial charge >= 0.3 is 5.97 Å². The van der Waals surface area contributed by atoms with Gasteiger partial charge in [-0.25, -0.2) is 4.79 Å². The van der Waals surface area contributed by atoms with Gasteiger partial charge in [-0.3, -0.25) is 0 Å². The molecule has 0 aliphatic rings. The zero-order valence-electron chi connectivity index (χ0n) is 10.9. The second kappa shape index (κ2) is 5.23. The van der Waals surface area contributed by atoms with Crippen LogP contribution in [0.5, 0.6) is 0 Å². The zero-order valence-corrected chi connectivity index (χ0v) is 12.4. The average molecular weight is 296 g/mol. The molecule has 0 saturated carbocycles. The Balaban J connectivity index is 2.70. The van der Waals surface area contributed by atoms with E-state index in [1.165, 1.54) is 16.9 Å². The molecule has 100 valence electrons. The van der Waals surface area contributed by atoms with Crippen LogP contribution in [0.2, 0.25) is 4.34 Å². The number of carboxylic acids is 1. The number of hydrogen-bond acceptors (Lipinski definition) is 3. The summed E-state index contributed by atoms with van der Waals surface area (Å²) < 4.78 is 0.491. The number of halogens is 1. The second-order valence-electron chi connectivity index (χ2n) is 4.31. The third kappa shape index (κ3) is 2.46.